The number of benzene rings is 1. The van der Waals surface area contributed by atoms with Crippen molar-refractivity contribution in [1.29, 1.82) is 0 Å². The van der Waals surface area contributed by atoms with Crippen molar-refractivity contribution in [2.75, 3.05) is 6.54 Å². The quantitative estimate of drug-likeness (QED) is 0.816. The monoisotopic (exact) mass is 285 g/mol. The molecule has 1 aromatic carbocycles. The zero-order chi connectivity index (χ0) is 14.8. The lowest BCUT2D eigenvalue weighted by Gasteiger charge is -2.25. The minimum atomic E-state index is -4.24. The highest BCUT2D eigenvalue weighted by Gasteiger charge is 2.46. The topological polar surface area (TPSA) is 12.0 Å². The maximum atomic E-state index is 12.5. The molecule has 0 aromatic heterocycles. The van der Waals surface area contributed by atoms with Crippen LogP contribution in [-0.2, 0) is 12.6 Å². The first-order valence-corrected chi connectivity index (χ1v) is 7.27. The molecule has 1 atom stereocenters. The molecule has 0 saturated heterocycles. The van der Waals surface area contributed by atoms with Crippen molar-refractivity contribution in [3.8, 4) is 0 Å². The van der Waals surface area contributed by atoms with Gasteiger partial charge in [0.15, 0.2) is 0 Å². The number of rotatable bonds is 6. The molecule has 0 amide bonds. The van der Waals surface area contributed by atoms with E-state index < -0.39 is 11.7 Å². The van der Waals surface area contributed by atoms with Crippen LogP contribution in [0.3, 0.4) is 0 Å². The summed E-state index contributed by atoms with van der Waals surface area (Å²) in [4.78, 5) is 0. The summed E-state index contributed by atoms with van der Waals surface area (Å²) in [6.45, 7) is 5.32. The SMILES string of the molecule is CCCNC(C)C1(Cc2ccc(C(F)(F)F)cc2)CC1. The van der Waals surface area contributed by atoms with Gasteiger partial charge >= 0.3 is 6.18 Å². The lowest BCUT2D eigenvalue weighted by molar-refractivity contribution is -0.137. The highest BCUT2D eigenvalue weighted by Crippen LogP contribution is 2.51. The third-order valence-corrected chi connectivity index (χ3v) is 4.35. The Morgan fingerprint density at radius 3 is 2.25 bits per heavy atom. The van der Waals surface area contributed by atoms with Crippen LogP contribution in [0, 0.1) is 5.41 Å². The predicted octanol–water partition coefficient (Wildman–Crippen LogP) is 4.42. The average molecular weight is 285 g/mol. The zero-order valence-electron chi connectivity index (χ0n) is 12.1. The van der Waals surface area contributed by atoms with Gasteiger partial charge in [-0.15, -0.1) is 0 Å². The summed E-state index contributed by atoms with van der Waals surface area (Å²) in [5.74, 6) is 0. The summed E-state index contributed by atoms with van der Waals surface area (Å²) in [6.07, 6.45) is 0.0350. The van der Waals surface area contributed by atoms with Crippen molar-refractivity contribution in [2.45, 2.75) is 51.7 Å². The Bertz CT molecular complexity index is 432. The average Bonchev–Trinajstić information content (AvgIpc) is 3.16. The summed E-state index contributed by atoms with van der Waals surface area (Å²) in [5.41, 5.74) is 0.679. The van der Waals surface area contributed by atoms with Crippen molar-refractivity contribution < 1.29 is 13.2 Å². The summed E-state index contributed by atoms with van der Waals surface area (Å²) in [7, 11) is 0. The van der Waals surface area contributed by atoms with Crippen LogP contribution in [-0.4, -0.2) is 12.6 Å². The van der Waals surface area contributed by atoms with E-state index in [-0.39, 0.29) is 5.41 Å². The Balaban J connectivity index is 2.00. The van der Waals surface area contributed by atoms with E-state index in [0.717, 1.165) is 37.8 Å². The molecule has 1 aliphatic rings. The third kappa shape index (κ3) is 3.54. The fraction of sp³-hybridized carbons (Fsp3) is 0.625. The van der Waals surface area contributed by atoms with E-state index in [4.69, 9.17) is 0 Å². The molecule has 0 heterocycles. The van der Waals surface area contributed by atoms with Crippen LogP contribution >= 0.6 is 0 Å². The molecular formula is C16H22F3N. The van der Waals surface area contributed by atoms with Crippen molar-refractivity contribution in [2.24, 2.45) is 5.41 Å². The molecule has 1 unspecified atom stereocenters. The minimum absolute atomic E-state index is 0.245. The van der Waals surface area contributed by atoms with E-state index in [2.05, 4.69) is 19.2 Å². The fourth-order valence-electron chi connectivity index (χ4n) is 2.72. The molecule has 0 spiro atoms. The fourth-order valence-corrected chi connectivity index (χ4v) is 2.72. The molecule has 112 valence electrons. The van der Waals surface area contributed by atoms with E-state index in [0.29, 0.717) is 6.04 Å². The van der Waals surface area contributed by atoms with Gasteiger partial charge < -0.3 is 5.32 Å². The summed E-state index contributed by atoms with van der Waals surface area (Å²) < 4.78 is 37.6. The normalized spacial score (nSPS) is 18.9. The van der Waals surface area contributed by atoms with Crippen LogP contribution in [0.2, 0.25) is 0 Å². The van der Waals surface area contributed by atoms with Gasteiger partial charge in [-0.05, 0) is 62.3 Å². The van der Waals surface area contributed by atoms with Gasteiger partial charge in [0.25, 0.3) is 0 Å². The van der Waals surface area contributed by atoms with Crippen molar-refractivity contribution in [1.82, 2.24) is 5.32 Å². The first-order chi connectivity index (χ1) is 9.37. The van der Waals surface area contributed by atoms with Gasteiger partial charge in [0.05, 0.1) is 5.56 Å². The van der Waals surface area contributed by atoms with Crippen molar-refractivity contribution in [3.63, 3.8) is 0 Å². The molecule has 1 aromatic rings. The highest BCUT2D eigenvalue weighted by molar-refractivity contribution is 5.26. The van der Waals surface area contributed by atoms with Gasteiger partial charge in [0, 0.05) is 6.04 Å². The Morgan fingerprint density at radius 1 is 1.20 bits per heavy atom. The van der Waals surface area contributed by atoms with Crippen molar-refractivity contribution in [3.05, 3.63) is 35.4 Å². The zero-order valence-corrected chi connectivity index (χ0v) is 12.1. The number of alkyl halides is 3. The molecule has 1 aliphatic carbocycles. The van der Waals surface area contributed by atoms with E-state index in [1.54, 1.807) is 12.1 Å². The van der Waals surface area contributed by atoms with Crippen LogP contribution < -0.4 is 5.32 Å². The van der Waals surface area contributed by atoms with Gasteiger partial charge in [0.1, 0.15) is 0 Å². The van der Waals surface area contributed by atoms with E-state index in [9.17, 15) is 13.2 Å². The van der Waals surface area contributed by atoms with E-state index in [1.165, 1.54) is 12.1 Å². The van der Waals surface area contributed by atoms with Gasteiger partial charge in [-0.3, -0.25) is 0 Å². The smallest absolute Gasteiger partial charge is 0.314 e. The van der Waals surface area contributed by atoms with Crippen LogP contribution in [0.4, 0.5) is 13.2 Å². The highest BCUT2D eigenvalue weighted by atomic mass is 19.4. The van der Waals surface area contributed by atoms with Crippen LogP contribution in [0.25, 0.3) is 0 Å². The molecule has 0 radical (unpaired) electrons. The lowest BCUT2D eigenvalue weighted by atomic mass is 9.89. The van der Waals surface area contributed by atoms with Crippen LogP contribution in [0.1, 0.15) is 44.2 Å². The molecule has 2 rings (SSSR count). The molecule has 0 aliphatic heterocycles. The summed E-state index contributed by atoms with van der Waals surface area (Å²) >= 11 is 0. The Hall–Kier alpha value is -1.03. The molecular weight excluding hydrogens is 263 g/mol. The number of nitrogens with one attached hydrogen (secondary N) is 1. The van der Waals surface area contributed by atoms with Crippen molar-refractivity contribution >= 4 is 0 Å². The molecule has 1 N–H and O–H groups in total. The molecule has 1 nitrogen and oxygen atoms in total. The predicted molar refractivity (Wildman–Crippen MR) is 74.6 cm³/mol. The first kappa shape index (κ1) is 15.4. The molecule has 1 fully saturated rings. The van der Waals surface area contributed by atoms with E-state index in [1.807, 2.05) is 0 Å². The third-order valence-electron chi connectivity index (χ3n) is 4.35. The Kier molecular flexibility index (Phi) is 4.43. The first-order valence-electron chi connectivity index (χ1n) is 7.27. The summed E-state index contributed by atoms with van der Waals surface area (Å²) in [5, 5.41) is 3.51. The standard InChI is InChI=1S/C16H22F3N/c1-3-10-20-12(2)15(8-9-15)11-13-4-6-14(7-5-13)16(17,18)19/h4-7,12,20H,3,8-11H2,1-2H3. The largest absolute Gasteiger partial charge is 0.416 e. The maximum Gasteiger partial charge on any atom is 0.416 e. The maximum absolute atomic E-state index is 12.5. The molecule has 4 heteroatoms. The van der Waals surface area contributed by atoms with Gasteiger partial charge in [-0.2, -0.15) is 13.2 Å². The second-order valence-electron chi connectivity index (χ2n) is 5.91. The molecule has 20 heavy (non-hydrogen) atoms. The number of halogens is 3. The molecule has 0 bridgehead atoms. The second kappa shape index (κ2) is 5.76. The Morgan fingerprint density at radius 2 is 1.80 bits per heavy atom. The Labute approximate surface area is 118 Å². The molecule has 1 saturated carbocycles. The summed E-state index contributed by atoms with van der Waals surface area (Å²) in [6, 6.07) is 6.04. The second-order valence-corrected chi connectivity index (χ2v) is 5.91. The van der Waals surface area contributed by atoms with Gasteiger partial charge in [-0.25, -0.2) is 0 Å². The number of hydrogen-bond donors (Lipinski definition) is 1. The van der Waals surface area contributed by atoms with Crippen LogP contribution in [0.15, 0.2) is 24.3 Å². The minimum Gasteiger partial charge on any atom is -0.314 e. The van der Waals surface area contributed by atoms with Crippen LogP contribution in [0.5, 0.6) is 0 Å². The van der Waals surface area contributed by atoms with E-state index >= 15 is 0 Å². The van der Waals surface area contributed by atoms with Gasteiger partial charge in [0.2, 0.25) is 0 Å². The lowest BCUT2D eigenvalue weighted by Crippen LogP contribution is -2.36. The number of hydrogen-bond acceptors (Lipinski definition) is 1. The van der Waals surface area contributed by atoms with Gasteiger partial charge in [-0.1, -0.05) is 19.1 Å².